The molecule has 29 heavy (non-hydrogen) atoms. The Morgan fingerprint density at radius 3 is 2.45 bits per heavy atom. The normalized spacial score (nSPS) is 15.7. The second kappa shape index (κ2) is 7.96. The van der Waals surface area contributed by atoms with Crippen LogP contribution in [0.4, 0.5) is 13.2 Å². The van der Waals surface area contributed by atoms with Crippen LogP contribution in [0.2, 0.25) is 0 Å². The second-order valence-electron chi connectivity index (χ2n) is 7.07. The summed E-state index contributed by atoms with van der Waals surface area (Å²) in [6.45, 7) is 6.10. The zero-order valence-electron chi connectivity index (χ0n) is 16.4. The average Bonchev–Trinajstić information content (AvgIpc) is 3.30. The summed E-state index contributed by atoms with van der Waals surface area (Å²) in [5.41, 5.74) is 1.47. The molecule has 11 heteroatoms. The van der Waals surface area contributed by atoms with Crippen molar-refractivity contribution in [1.29, 1.82) is 0 Å². The quantitative estimate of drug-likeness (QED) is 0.699. The number of fused-ring (bicyclic) bond motifs is 1. The van der Waals surface area contributed by atoms with Crippen molar-refractivity contribution in [3.05, 3.63) is 22.8 Å². The highest BCUT2D eigenvalue weighted by atomic mass is 19.4. The van der Waals surface area contributed by atoms with Crippen molar-refractivity contribution >= 4 is 17.7 Å². The van der Waals surface area contributed by atoms with Crippen molar-refractivity contribution in [3.8, 4) is 0 Å². The maximum Gasteiger partial charge on any atom is 0.453 e. The minimum Gasteiger partial charge on any atom is -0.453 e. The van der Waals surface area contributed by atoms with E-state index in [1.165, 1.54) is 6.92 Å². The summed E-state index contributed by atoms with van der Waals surface area (Å²) in [5.74, 6) is -2.19. The van der Waals surface area contributed by atoms with Gasteiger partial charge < -0.3 is 9.64 Å². The predicted octanol–water partition coefficient (Wildman–Crippen LogP) is 2.25. The third kappa shape index (κ3) is 4.48. The number of carbonyl (C=O) groups excluding carboxylic acids is 2. The van der Waals surface area contributed by atoms with E-state index in [4.69, 9.17) is 4.74 Å². The molecule has 0 aromatic carbocycles. The van der Waals surface area contributed by atoms with E-state index in [9.17, 15) is 22.8 Å². The summed E-state index contributed by atoms with van der Waals surface area (Å²) in [6, 6.07) is 0. The van der Waals surface area contributed by atoms with Crippen molar-refractivity contribution < 1.29 is 27.5 Å². The molecule has 0 bridgehead atoms. The Balaban J connectivity index is 1.68. The molecule has 0 N–H and O–H groups in total. The van der Waals surface area contributed by atoms with Gasteiger partial charge in [0.2, 0.25) is 0 Å². The fourth-order valence-corrected chi connectivity index (χ4v) is 3.42. The predicted molar refractivity (Wildman–Crippen MR) is 94.9 cm³/mol. The Morgan fingerprint density at radius 1 is 1.17 bits per heavy atom. The highest BCUT2D eigenvalue weighted by Crippen LogP contribution is 2.27. The minimum absolute atomic E-state index is 0.0344. The summed E-state index contributed by atoms with van der Waals surface area (Å²) < 4.78 is 44.8. The lowest BCUT2D eigenvalue weighted by molar-refractivity contribution is -0.158. The SMILES string of the molecule is Cc1nc2nc(C(F)(F)F)nn2c(C)c1CCC(=O)OC(C)C(=O)N1CCCC1. The van der Waals surface area contributed by atoms with Crippen LogP contribution in [-0.2, 0) is 26.9 Å². The number of ether oxygens (including phenoxy) is 1. The van der Waals surface area contributed by atoms with E-state index in [0.29, 0.717) is 30.0 Å². The first-order valence-electron chi connectivity index (χ1n) is 9.36. The van der Waals surface area contributed by atoms with Crippen LogP contribution in [0.5, 0.6) is 0 Å². The van der Waals surface area contributed by atoms with Crippen LogP contribution in [0.25, 0.3) is 5.78 Å². The zero-order valence-corrected chi connectivity index (χ0v) is 16.4. The highest BCUT2D eigenvalue weighted by Gasteiger charge is 2.37. The Bertz CT molecular complexity index is 935. The van der Waals surface area contributed by atoms with Crippen LogP contribution in [0.3, 0.4) is 0 Å². The number of halogens is 3. The summed E-state index contributed by atoms with van der Waals surface area (Å²) >= 11 is 0. The number of hydrogen-bond acceptors (Lipinski definition) is 6. The molecule has 0 spiro atoms. The smallest absolute Gasteiger partial charge is 0.453 e. The molecule has 2 aromatic heterocycles. The number of esters is 1. The third-order valence-corrected chi connectivity index (χ3v) is 4.96. The molecule has 0 saturated carbocycles. The molecule has 1 saturated heterocycles. The minimum atomic E-state index is -4.67. The number of amides is 1. The van der Waals surface area contributed by atoms with E-state index in [2.05, 4.69) is 15.1 Å². The molecule has 1 unspecified atom stereocenters. The van der Waals surface area contributed by atoms with Gasteiger partial charge in [-0.1, -0.05) is 0 Å². The van der Waals surface area contributed by atoms with Crippen molar-refractivity contribution in [1.82, 2.24) is 24.5 Å². The van der Waals surface area contributed by atoms with E-state index in [1.807, 2.05) is 0 Å². The van der Waals surface area contributed by atoms with Crippen LogP contribution >= 0.6 is 0 Å². The lowest BCUT2D eigenvalue weighted by atomic mass is 10.1. The van der Waals surface area contributed by atoms with Gasteiger partial charge in [-0.05, 0) is 45.6 Å². The first-order valence-corrected chi connectivity index (χ1v) is 9.36. The maximum atomic E-state index is 12.9. The van der Waals surface area contributed by atoms with Crippen molar-refractivity contribution in [2.45, 2.75) is 58.7 Å². The first kappa shape index (κ1) is 21.0. The van der Waals surface area contributed by atoms with Gasteiger partial charge in [0.1, 0.15) is 0 Å². The number of aryl methyl sites for hydroxylation is 2. The molecule has 1 aliphatic heterocycles. The fourth-order valence-electron chi connectivity index (χ4n) is 3.42. The standard InChI is InChI=1S/C18H22F3N5O3/c1-10-13(11(2)26-17(22-10)23-16(24-26)18(19,20)21)6-7-14(27)29-12(3)15(28)25-8-4-5-9-25/h12H,4-9H2,1-3H3. The number of rotatable bonds is 5. The molecule has 3 heterocycles. The number of aromatic nitrogens is 4. The molecule has 8 nitrogen and oxygen atoms in total. The number of carbonyl (C=O) groups is 2. The van der Waals surface area contributed by atoms with Gasteiger partial charge in [0.15, 0.2) is 6.10 Å². The van der Waals surface area contributed by atoms with Gasteiger partial charge in [0, 0.05) is 30.9 Å². The molecule has 158 valence electrons. The molecule has 2 aromatic rings. The topological polar surface area (TPSA) is 89.7 Å². The summed E-state index contributed by atoms with van der Waals surface area (Å²) in [4.78, 5) is 33.6. The van der Waals surface area contributed by atoms with Crippen LogP contribution in [0.1, 0.15) is 49.0 Å². The number of likely N-dealkylation sites (tertiary alicyclic amines) is 1. The Labute approximate surface area is 165 Å². The van der Waals surface area contributed by atoms with E-state index >= 15 is 0 Å². The monoisotopic (exact) mass is 413 g/mol. The lowest BCUT2D eigenvalue weighted by Crippen LogP contribution is -2.38. The fraction of sp³-hybridized carbons (Fsp3) is 0.611. The van der Waals surface area contributed by atoms with Gasteiger partial charge in [0.05, 0.1) is 0 Å². The van der Waals surface area contributed by atoms with E-state index < -0.39 is 24.1 Å². The Hall–Kier alpha value is -2.72. The van der Waals surface area contributed by atoms with E-state index in [0.717, 1.165) is 17.4 Å². The Kier molecular flexibility index (Phi) is 5.76. The molecule has 1 atom stereocenters. The van der Waals surface area contributed by atoms with Crippen molar-refractivity contribution in [2.24, 2.45) is 0 Å². The summed E-state index contributed by atoms with van der Waals surface area (Å²) in [7, 11) is 0. The number of nitrogens with zero attached hydrogens (tertiary/aromatic N) is 5. The first-order chi connectivity index (χ1) is 13.6. The molecule has 0 radical (unpaired) electrons. The number of alkyl halides is 3. The van der Waals surface area contributed by atoms with Crippen LogP contribution in [0, 0.1) is 13.8 Å². The van der Waals surface area contributed by atoms with Gasteiger partial charge in [-0.25, -0.2) is 9.50 Å². The van der Waals surface area contributed by atoms with Crippen molar-refractivity contribution in [3.63, 3.8) is 0 Å². The van der Waals surface area contributed by atoms with Crippen LogP contribution in [-0.4, -0.2) is 55.6 Å². The van der Waals surface area contributed by atoms with E-state index in [-0.39, 0.29) is 24.5 Å². The van der Waals surface area contributed by atoms with Gasteiger partial charge in [0.25, 0.3) is 17.5 Å². The van der Waals surface area contributed by atoms with Crippen LogP contribution < -0.4 is 0 Å². The van der Waals surface area contributed by atoms with E-state index in [1.54, 1.807) is 18.7 Å². The number of hydrogen-bond donors (Lipinski definition) is 0. The molecule has 3 rings (SSSR count). The maximum absolute atomic E-state index is 12.9. The molecule has 1 aliphatic rings. The zero-order chi connectivity index (χ0) is 21.3. The molecule has 1 fully saturated rings. The highest BCUT2D eigenvalue weighted by molar-refractivity contribution is 5.83. The van der Waals surface area contributed by atoms with Gasteiger partial charge in [-0.15, -0.1) is 5.10 Å². The summed E-state index contributed by atoms with van der Waals surface area (Å²) in [6.07, 6.45) is -3.49. The molecule has 1 amide bonds. The average molecular weight is 413 g/mol. The molecule has 0 aliphatic carbocycles. The van der Waals surface area contributed by atoms with Gasteiger partial charge >= 0.3 is 12.1 Å². The molecular formula is C18H22F3N5O3. The third-order valence-electron chi connectivity index (χ3n) is 4.96. The van der Waals surface area contributed by atoms with Gasteiger partial charge in [-0.3, -0.25) is 9.59 Å². The van der Waals surface area contributed by atoms with Crippen LogP contribution in [0.15, 0.2) is 0 Å². The van der Waals surface area contributed by atoms with Crippen molar-refractivity contribution in [2.75, 3.05) is 13.1 Å². The molecular weight excluding hydrogens is 391 g/mol. The van der Waals surface area contributed by atoms with Gasteiger partial charge in [-0.2, -0.15) is 18.2 Å². The lowest BCUT2D eigenvalue weighted by Gasteiger charge is -2.20. The largest absolute Gasteiger partial charge is 0.453 e. The Morgan fingerprint density at radius 2 is 1.83 bits per heavy atom. The second-order valence-corrected chi connectivity index (χ2v) is 7.07. The summed E-state index contributed by atoms with van der Waals surface area (Å²) in [5, 5.41) is 3.48.